The lowest BCUT2D eigenvalue weighted by molar-refractivity contribution is -0.114. The largest absolute Gasteiger partial charge is 0.376 e. The number of anilines is 2. The summed E-state index contributed by atoms with van der Waals surface area (Å²) in [5.74, 6) is -0.135. The van der Waals surface area contributed by atoms with E-state index in [1.54, 1.807) is 0 Å². The Morgan fingerprint density at radius 2 is 1.78 bits per heavy atom. The summed E-state index contributed by atoms with van der Waals surface area (Å²) in [5, 5.41) is 11.3. The number of halogens is 1. The van der Waals surface area contributed by atoms with Crippen molar-refractivity contribution in [3.8, 4) is 5.69 Å². The van der Waals surface area contributed by atoms with Crippen molar-refractivity contribution in [2.75, 3.05) is 17.2 Å². The molecule has 0 bridgehead atoms. The molecule has 2 N–H and O–H groups in total. The van der Waals surface area contributed by atoms with Crippen molar-refractivity contribution in [3.05, 3.63) is 70.0 Å². The van der Waals surface area contributed by atoms with Gasteiger partial charge in [0.05, 0.1) is 29.3 Å². The van der Waals surface area contributed by atoms with Crippen LogP contribution in [-0.2, 0) is 4.79 Å². The van der Waals surface area contributed by atoms with Crippen molar-refractivity contribution >= 4 is 28.9 Å². The highest BCUT2D eigenvalue weighted by Crippen LogP contribution is 2.24. The Balaban J connectivity index is 1.73. The Morgan fingerprint density at radius 3 is 2.48 bits per heavy atom. The van der Waals surface area contributed by atoms with Gasteiger partial charge in [-0.15, -0.1) is 0 Å². The van der Waals surface area contributed by atoms with Crippen LogP contribution in [0.1, 0.15) is 22.5 Å². The van der Waals surface area contributed by atoms with Crippen LogP contribution >= 0.6 is 11.6 Å². The fourth-order valence-electron chi connectivity index (χ4n) is 2.92. The average molecular weight is 383 g/mol. The average Bonchev–Trinajstić information content (AvgIpc) is 2.92. The fraction of sp³-hybridized carbons (Fsp3) is 0.238. The van der Waals surface area contributed by atoms with E-state index >= 15 is 0 Å². The Kier molecular flexibility index (Phi) is 5.51. The van der Waals surface area contributed by atoms with Gasteiger partial charge in [-0.05, 0) is 57.5 Å². The summed E-state index contributed by atoms with van der Waals surface area (Å²) in [7, 11) is 0. The minimum absolute atomic E-state index is 0.135. The molecule has 0 aliphatic heterocycles. The van der Waals surface area contributed by atoms with Gasteiger partial charge in [0, 0.05) is 10.7 Å². The van der Waals surface area contributed by atoms with E-state index in [-0.39, 0.29) is 12.5 Å². The number of carbonyl (C=O) groups excluding carboxylic acids is 1. The lowest BCUT2D eigenvalue weighted by Crippen LogP contribution is -2.22. The third-order valence-corrected chi connectivity index (χ3v) is 4.95. The molecular weight excluding hydrogens is 360 g/mol. The Hall–Kier alpha value is -2.79. The molecule has 1 heterocycles. The molecule has 140 valence electrons. The van der Waals surface area contributed by atoms with Crippen LogP contribution in [0.4, 0.5) is 11.4 Å². The van der Waals surface area contributed by atoms with Gasteiger partial charge in [-0.25, -0.2) is 4.68 Å². The zero-order chi connectivity index (χ0) is 19.6. The summed E-state index contributed by atoms with van der Waals surface area (Å²) in [6.45, 7) is 7.95. The summed E-state index contributed by atoms with van der Waals surface area (Å²) >= 11 is 6.12. The molecule has 0 atom stereocenters. The van der Waals surface area contributed by atoms with Gasteiger partial charge < -0.3 is 10.6 Å². The monoisotopic (exact) mass is 382 g/mol. The Bertz CT molecular complexity index is 977. The summed E-state index contributed by atoms with van der Waals surface area (Å²) in [6, 6.07) is 13.7. The highest BCUT2D eigenvalue weighted by Gasteiger charge is 2.15. The van der Waals surface area contributed by atoms with Gasteiger partial charge >= 0.3 is 0 Å². The number of hydrogen-bond acceptors (Lipinski definition) is 3. The first-order valence-electron chi connectivity index (χ1n) is 8.79. The second-order valence-electron chi connectivity index (χ2n) is 6.61. The van der Waals surface area contributed by atoms with E-state index < -0.39 is 0 Å². The molecule has 27 heavy (non-hydrogen) atoms. The second kappa shape index (κ2) is 7.84. The van der Waals surface area contributed by atoms with Crippen LogP contribution in [0.2, 0.25) is 5.02 Å². The van der Waals surface area contributed by atoms with Crippen molar-refractivity contribution in [2.45, 2.75) is 27.7 Å². The molecule has 3 aromatic rings. The van der Waals surface area contributed by atoms with E-state index in [0.29, 0.717) is 5.02 Å². The third kappa shape index (κ3) is 4.14. The molecule has 0 saturated carbocycles. The first-order valence-corrected chi connectivity index (χ1v) is 9.16. The van der Waals surface area contributed by atoms with Gasteiger partial charge in [0.25, 0.3) is 0 Å². The topological polar surface area (TPSA) is 59.0 Å². The lowest BCUT2D eigenvalue weighted by atomic mass is 10.2. The van der Waals surface area contributed by atoms with Crippen molar-refractivity contribution in [3.63, 3.8) is 0 Å². The molecular formula is C21H23ClN4O. The van der Waals surface area contributed by atoms with Crippen LogP contribution in [0.3, 0.4) is 0 Å². The number of nitrogens with zero attached hydrogens (tertiary/aromatic N) is 2. The number of hydrogen-bond donors (Lipinski definition) is 2. The van der Waals surface area contributed by atoms with Gasteiger partial charge in [0.2, 0.25) is 5.91 Å². The van der Waals surface area contributed by atoms with Gasteiger partial charge in [-0.1, -0.05) is 35.4 Å². The number of benzene rings is 2. The first-order chi connectivity index (χ1) is 12.9. The molecule has 1 aromatic heterocycles. The Morgan fingerprint density at radius 1 is 1.07 bits per heavy atom. The maximum Gasteiger partial charge on any atom is 0.243 e. The predicted octanol–water partition coefficient (Wildman–Crippen LogP) is 4.81. The molecule has 0 aliphatic rings. The summed E-state index contributed by atoms with van der Waals surface area (Å²) < 4.78 is 1.85. The predicted molar refractivity (Wildman–Crippen MR) is 111 cm³/mol. The maximum absolute atomic E-state index is 12.4. The van der Waals surface area contributed by atoms with Crippen LogP contribution in [0.5, 0.6) is 0 Å². The minimum Gasteiger partial charge on any atom is -0.376 e. The van der Waals surface area contributed by atoms with Gasteiger partial charge in [-0.3, -0.25) is 4.79 Å². The number of carbonyl (C=O) groups is 1. The molecule has 3 rings (SSSR count). The van der Waals surface area contributed by atoms with Crippen molar-refractivity contribution in [2.24, 2.45) is 0 Å². The van der Waals surface area contributed by atoms with E-state index in [4.69, 9.17) is 11.6 Å². The quantitative estimate of drug-likeness (QED) is 0.665. The molecule has 0 saturated heterocycles. The van der Waals surface area contributed by atoms with Crippen molar-refractivity contribution in [1.29, 1.82) is 0 Å². The zero-order valence-corrected chi connectivity index (χ0v) is 16.7. The number of nitrogens with one attached hydrogen (secondary N) is 2. The minimum atomic E-state index is -0.135. The van der Waals surface area contributed by atoms with E-state index in [1.807, 2.05) is 74.8 Å². The summed E-state index contributed by atoms with van der Waals surface area (Å²) in [4.78, 5) is 12.4. The van der Waals surface area contributed by atoms with E-state index in [0.717, 1.165) is 34.0 Å². The fourth-order valence-corrected chi connectivity index (χ4v) is 3.09. The van der Waals surface area contributed by atoms with Crippen LogP contribution in [0.15, 0.2) is 42.5 Å². The SMILES string of the molecule is Cc1ccc(-n2nc(C)c(NC(=O)CNc3cccc(Cl)c3C)c2C)cc1. The third-order valence-electron chi connectivity index (χ3n) is 4.54. The molecule has 0 aliphatic carbocycles. The van der Waals surface area contributed by atoms with Crippen molar-refractivity contribution < 1.29 is 4.79 Å². The molecule has 0 fully saturated rings. The number of aromatic nitrogens is 2. The lowest BCUT2D eigenvalue weighted by Gasteiger charge is -2.11. The van der Waals surface area contributed by atoms with Gasteiger partial charge in [0.15, 0.2) is 0 Å². The zero-order valence-electron chi connectivity index (χ0n) is 15.9. The van der Waals surface area contributed by atoms with Gasteiger partial charge in [-0.2, -0.15) is 5.10 Å². The first kappa shape index (κ1) is 19.0. The Labute approximate surface area is 164 Å². The van der Waals surface area contributed by atoms with Gasteiger partial charge in [0.1, 0.15) is 0 Å². The number of aryl methyl sites for hydroxylation is 2. The highest BCUT2D eigenvalue weighted by molar-refractivity contribution is 6.31. The van der Waals surface area contributed by atoms with E-state index in [1.165, 1.54) is 5.56 Å². The van der Waals surface area contributed by atoms with E-state index in [9.17, 15) is 4.79 Å². The summed E-state index contributed by atoms with van der Waals surface area (Å²) in [6.07, 6.45) is 0. The second-order valence-corrected chi connectivity index (χ2v) is 7.01. The van der Waals surface area contributed by atoms with Crippen molar-refractivity contribution in [1.82, 2.24) is 9.78 Å². The van der Waals surface area contributed by atoms with Crippen LogP contribution in [0.25, 0.3) is 5.69 Å². The number of amides is 1. The molecule has 0 spiro atoms. The van der Waals surface area contributed by atoms with Crippen LogP contribution in [-0.4, -0.2) is 22.2 Å². The number of rotatable bonds is 5. The molecule has 5 nitrogen and oxygen atoms in total. The molecule has 6 heteroatoms. The standard InChI is InChI=1S/C21H23ClN4O/c1-13-8-10-17(11-9-13)26-16(4)21(15(3)25-26)24-20(27)12-23-19-7-5-6-18(22)14(19)2/h5-11,23H,12H2,1-4H3,(H,24,27). The maximum atomic E-state index is 12.4. The molecule has 1 amide bonds. The summed E-state index contributed by atoms with van der Waals surface area (Å²) in [5.41, 5.74) is 6.34. The normalized spacial score (nSPS) is 10.7. The van der Waals surface area contributed by atoms with Crippen LogP contribution in [0, 0.1) is 27.7 Å². The van der Waals surface area contributed by atoms with Crippen LogP contribution < -0.4 is 10.6 Å². The highest BCUT2D eigenvalue weighted by atomic mass is 35.5. The molecule has 0 unspecified atom stereocenters. The smallest absolute Gasteiger partial charge is 0.243 e. The van der Waals surface area contributed by atoms with E-state index in [2.05, 4.69) is 15.7 Å². The molecule has 2 aromatic carbocycles. The molecule has 0 radical (unpaired) electrons.